The molecule has 0 amide bonds. The van der Waals surface area contributed by atoms with Crippen molar-refractivity contribution in [2.24, 2.45) is 0 Å². The molecule has 1 heterocycles. The Hall–Kier alpha value is -0.900. The number of hydrogen-bond acceptors (Lipinski definition) is 3. The molecule has 1 aromatic heterocycles. The van der Waals surface area contributed by atoms with Gasteiger partial charge in [0.15, 0.2) is 0 Å². The number of likely N-dealkylation sites (N-methyl/N-ethyl adjacent to an activating group) is 1. The summed E-state index contributed by atoms with van der Waals surface area (Å²) >= 11 is 0. The van der Waals surface area contributed by atoms with Crippen LogP contribution in [0.1, 0.15) is 45.0 Å². The lowest BCUT2D eigenvalue weighted by Crippen LogP contribution is -2.20. The third-order valence-corrected chi connectivity index (χ3v) is 2.26. The molecule has 2 N–H and O–H groups in total. The van der Waals surface area contributed by atoms with Gasteiger partial charge in [-0.1, -0.05) is 27.7 Å². The first-order chi connectivity index (χ1) is 6.46. The molecule has 1 atom stereocenters. The van der Waals surface area contributed by atoms with E-state index in [0.717, 1.165) is 17.9 Å². The standard InChI is InChI=1S/C10H20N4/c1-7(6-11-5)8-9(10(2,3)4)13-14-12-8/h7,11H,6H2,1-5H3,(H,12,13,14). The fourth-order valence-electron chi connectivity index (χ4n) is 1.54. The van der Waals surface area contributed by atoms with Crippen molar-refractivity contribution in [2.45, 2.75) is 39.0 Å². The van der Waals surface area contributed by atoms with Gasteiger partial charge in [-0.05, 0) is 7.05 Å². The van der Waals surface area contributed by atoms with E-state index in [4.69, 9.17) is 0 Å². The van der Waals surface area contributed by atoms with Gasteiger partial charge in [-0.3, -0.25) is 0 Å². The number of nitrogens with zero attached hydrogens (tertiary/aromatic N) is 2. The molecule has 0 aliphatic carbocycles. The van der Waals surface area contributed by atoms with Gasteiger partial charge < -0.3 is 5.32 Å². The summed E-state index contributed by atoms with van der Waals surface area (Å²) in [6.45, 7) is 9.54. The number of H-pyrrole nitrogens is 1. The number of nitrogens with one attached hydrogen (secondary N) is 2. The molecule has 0 radical (unpaired) electrons. The van der Waals surface area contributed by atoms with E-state index in [1.165, 1.54) is 0 Å². The molecule has 0 aliphatic rings. The number of hydrogen-bond donors (Lipinski definition) is 2. The van der Waals surface area contributed by atoms with Crippen molar-refractivity contribution in [2.75, 3.05) is 13.6 Å². The Balaban J connectivity index is 2.93. The molecule has 0 bridgehead atoms. The Morgan fingerprint density at radius 3 is 2.50 bits per heavy atom. The van der Waals surface area contributed by atoms with Gasteiger partial charge in [0.2, 0.25) is 0 Å². The highest BCUT2D eigenvalue weighted by atomic mass is 15.3. The van der Waals surface area contributed by atoms with Crippen molar-refractivity contribution >= 4 is 0 Å². The van der Waals surface area contributed by atoms with Crippen LogP contribution < -0.4 is 5.32 Å². The molecule has 0 aromatic carbocycles. The summed E-state index contributed by atoms with van der Waals surface area (Å²) in [5.74, 6) is 0.396. The highest BCUT2D eigenvalue weighted by Gasteiger charge is 2.24. The van der Waals surface area contributed by atoms with Crippen molar-refractivity contribution in [3.05, 3.63) is 11.4 Å². The summed E-state index contributed by atoms with van der Waals surface area (Å²) < 4.78 is 0. The van der Waals surface area contributed by atoms with Crippen LogP contribution in [0.5, 0.6) is 0 Å². The van der Waals surface area contributed by atoms with Crippen molar-refractivity contribution in [3.8, 4) is 0 Å². The molecule has 0 aliphatic heterocycles. The fraction of sp³-hybridized carbons (Fsp3) is 0.800. The van der Waals surface area contributed by atoms with Gasteiger partial charge >= 0.3 is 0 Å². The SMILES string of the molecule is CNCC(C)c1n[nH]nc1C(C)(C)C. The molecule has 0 fully saturated rings. The summed E-state index contributed by atoms with van der Waals surface area (Å²) in [5.41, 5.74) is 2.21. The highest BCUT2D eigenvalue weighted by molar-refractivity contribution is 5.21. The normalized spacial score (nSPS) is 14.4. The Bertz CT molecular complexity index is 285. The van der Waals surface area contributed by atoms with Gasteiger partial charge in [0.25, 0.3) is 0 Å². The molecule has 1 rings (SSSR count). The van der Waals surface area contributed by atoms with E-state index in [1.807, 2.05) is 7.05 Å². The summed E-state index contributed by atoms with van der Waals surface area (Å²) in [6, 6.07) is 0. The van der Waals surface area contributed by atoms with E-state index in [0.29, 0.717) is 5.92 Å². The first kappa shape index (κ1) is 11.2. The molecule has 14 heavy (non-hydrogen) atoms. The first-order valence-corrected chi connectivity index (χ1v) is 5.02. The number of aromatic amines is 1. The smallest absolute Gasteiger partial charge is 0.0913 e. The van der Waals surface area contributed by atoms with E-state index in [-0.39, 0.29) is 5.41 Å². The lowest BCUT2D eigenvalue weighted by molar-refractivity contribution is 0.547. The maximum absolute atomic E-state index is 4.23. The topological polar surface area (TPSA) is 53.6 Å². The van der Waals surface area contributed by atoms with E-state index in [9.17, 15) is 0 Å². The second-order valence-corrected chi connectivity index (χ2v) is 4.77. The molecule has 4 heteroatoms. The van der Waals surface area contributed by atoms with Gasteiger partial charge in [-0.25, -0.2) is 0 Å². The van der Waals surface area contributed by atoms with Crippen molar-refractivity contribution in [1.82, 2.24) is 20.7 Å². The molecule has 1 aromatic rings. The van der Waals surface area contributed by atoms with E-state index < -0.39 is 0 Å². The van der Waals surface area contributed by atoms with E-state index in [1.54, 1.807) is 0 Å². The molecular formula is C10H20N4. The minimum absolute atomic E-state index is 0.0599. The van der Waals surface area contributed by atoms with Crippen LogP contribution >= 0.6 is 0 Å². The average Bonchev–Trinajstić information content (AvgIpc) is 2.50. The quantitative estimate of drug-likeness (QED) is 0.769. The molecule has 0 spiro atoms. The second kappa shape index (κ2) is 4.09. The van der Waals surface area contributed by atoms with Gasteiger partial charge in [-0.15, -0.1) is 0 Å². The van der Waals surface area contributed by atoms with Gasteiger partial charge in [-0.2, -0.15) is 15.4 Å². The highest BCUT2D eigenvalue weighted by Crippen LogP contribution is 2.26. The molecular weight excluding hydrogens is 176 g/mol. The Morgan fingerprint density at radius 1 is 1.36 bits per heavy atom. The number of rotatable bonds is 3. The number of aromatic nitrogens is 3. The fourth-order valence-corrected chi connectivity index (χ4v) is 1.54. The lowest BCUT2D eigenvalue weighted by Gasteiger charge is -2.18. The third-order valence-electron chi connectivity index (χ3n) is 2.26. The summed E-state index contributed by atoms with van der Waals surface area (Å²) in [6.07, 6.45) is 0. The molecule has 0 saturated carbocycles. The van der Waals surface area contributed by atoms with Crippen molar-refractivity contribution < 1.29 is 0 Å². The van der Waals surface area contributed by atoms with Crippen LogP contribution in [0.25, 0.3) is 0 Å². The van der Waals surface area contributed by atoms with Crippen molar-refractivity contribution in [3.63, 3.8) is 0 Å². The predicted molar refractivity (Wildman–Crippen MR) is 57.4 cm³/mol. The van der Waals surface area contributed by atoms with Crippen LogP contribution in [0.4, 0.5) is 0 Å². The molecule has 1 unspecified atom stereocenters. The lowest BCUT2D eigenvalue weighted by atomic mass is 9.88. The zero-order valence-corrected chi connectivity index (χ0v) is 9.68. The molecule has 80 valence electrons. The zero-order valence-electron chi connectivity index (χ0n) is 9.68. The van der Waals surface area contributed by atoms with E-state index >= 15 is 0 Å². The Kier molecular flexibility index (Phi) is 3.26. The Morgan fingerprint density at radius 2 is 2.00 bits per heavy atom. The van der Waals surface area contributed by atoms with Crippen LogP contribution in [0, 0.1) is 0 Å². The van der Waals surface area contributed by atoms with Crippen LogP contribution in [0.3, 0.4) is 0 Å². The average molecular weight is 196 g/mol. The summed E-state index contributed by atoms with van der Waals surface area (Å²) in [4.78, 5) is 0. The monoisotopic (exact) mass is 196 g/mol. The zero-order chi connectivity index (χ0) is 10.8. The minimum Gasteiger partial charge on any atom is -0.319 e. The molecule has 4 nitrogen and oxygen atoms in total. The summed E-state index contributed by atoms with van der Waals surface area (Å²) in [7, 11) is 1.95. The van der Waals surface area contributed by atoms with Gasteiger partial charge in [0.1, 0.15) is 0 Å². The van der Waals surface area contributed by atoms with Crippen LogP contribution in [0.15, 0.2) is 0 Å². The minimum atomic E-state index is 0.0599. The largest absolute Gasteiger partial charge is 0.319 e. The van der Waals surface area contributed by atoms with Gasteiger partial charge in [0.05, 0.1) is 11.4 Å². The van der Waals surface area contributed by atoms with Crippen LogP contribution in [0.2, 0.25) is 0 Å². The molecule has 0 saturated heterocycles. The van der Waals surface area contributed by atoms with Crippen LogP contribution in [-0.4, -0.2) is 29.0 Å². The third kappa shape index (κ3) is 2.32. The Labute approximate surface area is 85.5 Å². The van der Waals surface area contributed by atoms with Crippen molar-refractivity contribution in [1.29, 1.82) is 0 Å². The second-order valence-electron chi connectivity index (χ2n) is 4.77. The maximum Gasteiger partial charge on any atom is 0.0913 e. The maximum atomic E-state index is 4.23. The van der Waals surface area contributed by atoms with Crippen LogP contribution in [-0.2, 0) is 5.41 Å². The first-order valence-electron chi connectivity index (χ1n) is 5.02. The van der Waals surface area contributed by atoms with Gasteiger partial charge in [0, 0.05) is 17.9 Å². The van der Waals surface area contributed by atoms with E-state index in [2.05, 4.69) is 48.4 Å². The predicted octanol–water partition coefficient (Wildman–Crippen LogP) is 1.43. The summed E-state index contributed by atoms with van der Waals surface area (Å²) in [5, 5.41) is 14.3.